The van der Waals surface area contributed by atoms with Crippen molar-refractivity contribution < 1.29 is 26.4 Å². The molecule has 2 N–H and O–H groups in total. The summed E-state index contributed by atoms with van der Waals surface area (Å²) in [7, 11) is -7.88. The third-order valence-corrected chi connectivity index (χ3v) is 8.04. The molecular formula is C20H26N4O6S2. The van der Waals surface area contributed by atoms with E-state index in [0.29, 0.717) is 6.54 Å². The molecule has 12 heteroatoms. The van der Waals surface area contributed by atoms with Crippen molar-refractivity contribution in [3.63, 3.8) is 0 Å². The summed E-state index contributed by atoms with van der Waals surface area (Å²) < 4.78 is 54.8. The predicted octanol–water partition coefficient (Wildman–Crippen LogP) is 1.57. The van der Waals surface area contributed by atoms with E-state index in [2.05, 4.69) is 14.4 Å². The number of amides is 1. The third kappa shape index (κ3) is 4.13. The minimum Gasteiger partial charge on any atom is -0.341 e. The number of carbonyl (C=O) groups is 2. The van der Waals surface area contributed by atoms with Crippen molar-refractivity contribution in [3.8, 4) is 0 Å². The van der Waals surface area contributed by atoms with Crippen molar-refractivity contribution in [2.24, 2.45) is 15.7 Å². The van der Waals surface area contributed by atoms with Crippen LogP contribution in [-0.4, -0.2) is 58.1 Å². The Kier molecular flexibility index (Phi) is 5.36. The Balaban J connectivity index is 1.72. The maximum absolute atomic E-state index is 13.4. The zero-order valence-corrected chi connectivity index (χ0v) is 19.7. The highest BCUT2D eigenvalue weighted by molar-refractivity contribution is 7.92. The molecule has 0 aromatic heterocycles. The van der Waals surface area contributed by atoms with Gasteiger partial charge in [-0.2, -0.15) is 8.42 Å². The molecule has 2 fully saturated rings. The molecule has 1 saturated heterocycles. The highest BCUT2D eigenvalue weighted by atomic mass is 32.2. The lowest BCUT2D eigenvalue weighted by Crippen LogP contribution is -2.60. The topological polar surface area (TPSA) is 142 Å². The van der Waals surface area contributed by atoms with Gasteiger partial charge in [-0.25, -0.2) is 8.42 Å². The SMILES string of the molecule is CC1(C)CN(C2CCCC2)C(=O)C(C2=NS(=O)(=O)c3cc(NS(C)(=O)=O)ccc3N2)C1=O. The average Bonchev–Trinajstić information content (AvgIpc) is 3.18. The Hall–Kier alpha value is -2.47. The highest BCUT2D eigenvalue weighted by Gasteiger charge is 2.51. The van der Waals surface area contributed by atoms with Crippen LogP contribution in [-0.2, 0) is 29.6 Å². The van der Waals surface area contributed by atoms with Gasteiger partial charge >= 0.3 is 0 Å². The molecule has 0 radical (unpaired) electrons. The molecule has 1 saturated carbocycles. The smallest absolute Gasteiger partial charge is 0.286 e. The molecule has 1 unspecified atom stereocenters. The largest absolute Gasteiger partial charge is 0.341 e. The summed E-state index contributed by atoms with van der Waals surface area (Å²) in [4.78, 5) is 28.0. The van der Waals surface area contributed by atoms with Gasteiger partial charge in [0.15, 0.2) is 11.7 Å². The van der Waals surface area contributed by atoms with Gasteiger partial charge in [0.2, 0.25) is 15.9 Å². The summed E-state index contributed by atoms with van der Waals surface area (Å²) >= 11 is 0. The summed E-state index contributed by atoms with van der Waals surface area (Å²) in [6.07, 6.45) is 4.70. The van der Waals surface area contributed by atoms with Gasteiger partial charge in [0, 0.05) is 23.7 Å². The van der Waals surface area contributed by atoms with Gasteiger partial charge in [-0.05, 0) is 31.0 Å². The van der Waals surface area contributed by atoms with Crippen molar-refractivity contribution in [1.29, 1.82) is 0 Å². The van der Waals surface area contributed by atoms with E-state index in [4.69, 9.17) is 0 Å². The van der Waals surface area contributed by atoms with Gasteiger partial charge in [-0.15, -0.1) is 4.40 Å². The van der Waals surface area contributed by atoms with Crippen LogP contribution in [0.2, 0.25) is 0 Å². The van der Waals surface area contributed by atoms with Crippen molar-refractivity contribution in [2.45, 2.75) is 50.5 Å². The summed E-state index contributed by atoms with van der Waals surface area (Å²) in [5, 5.41) is 2.85. The number of sulfonamides is 2. The Labute approximate surface area is 187 Å². The Morgan fingerprint density at radius 2 is 1.84 bits per heavy atom. The van der Waals surface area contributed by atoms with Gasteiger partial charge < -0.3 is 10.2 Å². The molecule has 4 rings (SSSR count). The summed E-state index contributed by atoms with van der Waals surface area (Å²) in [5.41, 5.74) is -0.655. The lowest BCUT2D eigenvalue weighted by Gasteiger charge is -2.44. The lowest BCUT2D eigenvalue weighted by molar-refractivity contribution is -0.152. The zero-order valence-electron chi connectivity index (χ0n) is 18.1. The molecule has 10 nitrogen and oxygen atoms in total. The first-order valence-electron chi connectivity index (χ1n) is 10.4. The van der Waals surface area contributed by atoms with Crippen LogP contribution >= 0.6 is 0 Å². The van der Waals surface area contributed by atoms with Crippen LogP contribution in [0.4, 0.5) is 11.4 Å². The lowest BCUT2D eigenvalue weighted by atomic mass is 9.75. The first-order chi connectivity index (χ1) is 14.8. The fraction of sp³-hybridized carbons (Fsp3) is 0.550. The molecule has 32 heavy (non-hydrogen) atoms. The number of benzene rings is 1. The second-order valence-electron chi connectivity index (χ2n) is 9.25. The normalized spacial score (nSPS) is 25.2. The number of Topliss-reactive ketones (excluding diaryl/α,β-unsaturated/α-hetero) is 1. The van der Waals surface area contributed by atoms with Gasteiger partial charge in [-0.1, -0.05) is 26.7 Å². The van der Waals surface area contributed by atoms with E-state index in [-0.39, 0.29) is 33.9 Å². The number of fused-ring (bicyclic) bond motifs is 1. The Morgan fingerprint density at radius 1 is 1.19 bits per heavy atom. The fourth-order valence-electron chi connectivity index (χ4n) is 4.60. The van der Waals surface area contributed by atoms with Crippen LogP contribution < -0.4 is 10.0 Å². The molecular weight excluding hydrogens is 456 g/mol. The monoisotopic (exact) mass is 482 g/mol. The maximum atomic E-state index is 13.4. The second-order valence-corrected chi connectivity index (χ2v) is 12.6. The maximum Gasteiger partial charge on any atom is 0.286 e. The number of piperidine rings is 1. The van der Waals surface area contributed by atoms with Gasteiger partial charge in [0.25, 0.3) is 10.0 Å². The van der Waals surface area contributed by atoms with Gasteiger partial charge in [0.05, 0.1) is 11.9 Å². The molecule has 0 bridgehead atoms. The number of hydrogen-bond acceptors (Lipinski definition) is 7. The highest BCUT2D eigenvalue weighted by Crippen LogP contribution is 2.38. The van der Waals surface area contributed by atoms with Gasteiger partial charge in [0.1, 0.15) is 10.7 Å². The summed E-state index contributed by atoms with van der Waals surface area (Å²) in [6.45, 7) is 3.81. The molecule has 1 atom stereocenters. The van der Waals surface area contributed by atoms with Crippen molar-refractivity contribution in [2.75, 3.05) is 22.8 Å². The zero-order chi connectivity index (χ0) is 23.5. The molecule has 2 aliphatic heterocycles. The predicted molar refractivity (Wildman–Crippen MR) is 119 cm³/mol. The van der Waals surface area contributed by atoms with Gasteiger partial charge in [-0.3, -0.25) is 14.3 Å². The first-order valence-corrected chi connectivity index (χ1v) is 13.7. The molecule has 1 aliphatic carbocycles. The summed E-state index contributed by atoms with van der Waals surface area (Å²) in [6, 6.07) is 3.96. The second kappa shape index (κ2) is 7.55. The molecule has 2 heterocycles. The number of likely N-dealkylation sites (tertiary alicyclic amines) is 1. The number of nitrogens with one attached hydrogen (secondary N) is 2. The van der Waals surface area contributed by atoms with Crippen LogP contribution in [0.15, 0.2) is 27.5 Å². The van der Waals surface area contributed by atoms with E-state index >= 15 is 0 Å². The number of ketones is 1. The van der Waals surface area contributed by atoms with Crippen LogP contribution in [0.25, 0.3) is 0 Å². The molecule has 174 valence electrons. The Bertz CT molecular complexity index is 1230. The summed E-state index contributed by atoms with van der Waals surface area (Å²) in [5.74, 6) is -2.36. The Morgan fingerprint density at radius 3 is 2.47 bits per heavy atom. The number of hydrogen-bond donors (Lipinski definition) is 2. The van der Waals surface area contributed by atoms with E-state index in [0.717, 1.165) is 38.0 Å². The first kappa shape index (κ1) is 22.7. The quantitative estimate of drug-likeness (QED) is 0.620. The van der Waals surface area contributed by atoms with E-state index in [1.165, 1.54) is 12.1 Å². The number of amidine groups is 1. The number of nitrogens with zero attached hydrogens (tertiary/aromatic N) is 2. The molecule has 1 aromatic rings. The number of anilines is 2. The molecule has 0 spiro atoms. The van der Waals surface area contributed by atoms with E-state index in [1.807, 2.05) is 0 Å². The van der Waals surface area contributed by atoms with Crippen LogP contribution in [0.1, 0.15) is 39.5 Å². The standard InChI is InChI=1S/C20H26N4O6S2/c1-20(2)11-24(13-6-4-5-7-13)19(26)16(17(20)25)18-21-14-9-8-12(22-31(3,27)28)10-15(14)32(29,30)23-18/h8-10,13,16,22H,4-7,11H2,1-3H3,(H,21,23). The van der Waals surface area contributed by atoms with Crippen molar-refractivity contribution in [3.05, 3.63) is 18.2 Å². The molecule has 1 aromatic carbocycles. The molecule has 3 aliphatic rings. The molecule has 1 amide bonds. The fourth-order valence-corrected chi connectivity index (χ4v) is 6.33. The number of rotatable bonds is 4. The van der Waals surface area contributed by atoms with Crippen LogP contribution in [0.3, 0.4) is 0 Å². The minimum atomic E-state index is -4.27. The van der Waals surface area contributed by atoms with E-state index in [1.54, 1.807) is 18.7 Å². The third-order valence-electron chi connectivity index (χ3n) is 6.11. The van der Waals surface area contributed by atoms with Crippen molar-refractivity contribution in [1.82, 2.24) is 4.90 Å². The van der Waals surface area contributed by atoms with Crippen molar-refractivity contribution >= 4 is 48.9 Å². The number of carbonyl (C=O) groups excluding carboxylic acids is 2. The average molecular weight is 483 g/mol. The van der Waals surface area contributed by atoms with E-state index in [9.17, 15) is 26.4 Å². The minimum absolute atomic E-state index is 0.0371. The van der Waals surface area contributed by atoms with E-state index < -0.39 is 37.3 Å². The van der Waals surface area contributed by atoms with Crippen LogP contribution in [0, 0.1) is 11.3 Å². The van der Waals surface area contributed by atoms with Crippen LogP contribution in [0.5, 0.6) is 0 Å².